The van der Waals surface area contributed by atoms with E-state index < -0.39 is 0 Å². The quantitative estimate of drug-likeness (QED) is 0.911. The first-order valence-electron chi connectivity index (χ1n) is 7.16. The average molecular weight is 299 g/mol. The zero-order valence-corrected chi connectivity index (χ0v) is 13.4. The number of carbonyl (C=O) groups is 2. The van der Waals surface area contributed by atoms with Crippen molar-refractivity contribution in [1.82, 2.24) is 9.88 Å². The summed E-state index contributed by atoms with van der Waals surface area (Å²) in [7, 11) is 2.01. The van der Waals surface area contributed by atoms with Crippen LogP contribution in [-0.4, -0.2) is 16.4 Å². The SMILES string of the molecule is CC(=O)Nc1cccc(C(=O)NCc2cc(C)n(C)c2C)c1. The minimum Gasteiger partial charge on any atom is -0.352 e. The predicted molar refractivity (Wildman–Crippen MR) is 86.8 cm³/mol. The third-order valence-corrected chi connectivity index (χ3v) is 3.76. The third kappa shape index (κ3) is 3.55. The Morgan fingerprint density at radius 3 is 2.50 bits per heavy atom. The fourth-order valence-electron chi connectivity index (χ4n) is 2.33. The number of anilines is 1. The number of benzene rings is 1. The molecule has 2 N–H and O–H groups in total. The number of hydrogen-bond acceptors (Lipinski definition) is 2. The lowest BCUT2D eigenvalue weighted by Crippen LogP contribution is -2.23. The molecule has 1 aromatic carbocycles. The molecule has 0 fully saturated rings. The van der Waals surface area contributed by atoms with Crippen molar-refractivity contribution in [3.05, 3.63) is 52.8 Å². The van der Waals surface area contributed by atoms with Gasteiger partial charge in [0.15, 0.2) is 0 Å². The van der Waals surface area contributed by atoms with Gasteiger partial charge >= 0.3 is 0 Å². The van der Waals surface area contributed by atoms with Crippen LogP contribution in [0.3, 0.4) is 0 Å². The summed E-state index contributed by atoms with van der Waals surface area (Å²) in [4.78, 5) is 23.3. The molecule has 0 spiro atoms. The molecule has 0 atom stereocenters. The molecule has 0 saturated carbocycles. The summed E-state index contributed by atoms with van der Waals surface area (Å²) < 4.78 is 2.10. The summed E-state index contributed by atoms with van der Waals surface area (Å²) in [6.45, 7) is 5.99. The van der Waals surface area contributed by atoms with Crippen molar-refractivity contribution < 1.29 is 9.59 Å². The standard InChI is InChI=1S/C17H21N3O2/c1-11-8-15(12(2)20(11)4)10-18-17(22)14-6-5-7-16(9-14)19-13(3)21/h5-9H,10H2,1-4H3,(H,18,22)(H,19,21). The Bertz CT molecular complexity index is 717. The molecule has 1 heterocycles. The lowest BCUT2D eigenvalue weighted by Gasteiger charge is -2.08. The first-order chi connectivity index (χ1) is 10.4. The summed E-state index contributed by atoms with van der Waals surface area (Å²) in [6, 6.07) is 8.97. The van der Waals surface area contributed by atoms with E-state index in [2.05, 4.69) is 21.3 Å². The van der Waals surface area contributed by atoms with Crippen LogP contribution < -0.4 is 10.6 Å². The van der Waals surface area contributed by atoms with Gasteiger partial charge in [0.2, 0.25) is 5.91 Å². The molecule has 2 aromatic rings. The predicted octanol–water partition coefficient (Wildman–Crippen LogP) is 2.53. The van der Waals surface area contributed by atoms with Gasteiger partial charge in [0.1, 0.15) is 0 Å². The summed E-state index contributed by atoms with van der Waals surface area (Å²) in [5.41, 5.74) is 4.55. The van der Waals surface area contributed by atoms with Gasteiger partial charge in [0, 0.05) is 43.2 Å². The van der Waals surface area contributed by atoms with Crippen molar-refractivity contribution in [2.24, 2.45) is 7.05 Å². The maximum atomic E-state index is 12.2. The monoisotopic (exact) mass is 299 g/mol. The maximum absolute atomic E-state index is 12.2. The van der Waals surface area contributed by atoms with Gasteiger partial charge in [-0.25, -0.2) is 0 Å². The molecule has 0 aliphatic heterocycles. The number of carbonyl (C=O) groups excluding carboxylic acids is 2. The van der Waals surface area contributed by atoms with Gasteiger partial charge < -0.3 is 15.2 Å². The van der Waals surface area contributed by atoms with E-state index in [1.54, 1.807) is 24.3 Å². The molecule has 2 rings (SSSR count). The first kappa shape index (κ1) is 15.8. The van der Waals surface area contributed by atoms with Crippen molar-refractivity contribution >= 4 is 17.5 Å². The van der Waals surface area contributed by atoms with E-state index in [-0.39, 0.29) is 11.8 Å². The van der Waals surface area contributed by atoms with Crippen LogP contribution in [0, 0.1) is 13.8 Å². The Balaban J connectivity index is 2.06. The molecule has 0 aliphatic carbocycles. The van der Waals surface area contributed by atoms with Gasteiger partial charge in [-0.3, -0.25) is 9.59 Å². The van der Waals surface area contributed by atoms with Gasteiger partial charge in [-0.05, 0) is 43.7 Å². The second-order valence-corrected chi connectivity index (χ2v) is 5.40. The number of aromatic nitrogens is 1. The molecule has 0 saturated heterocycles. The Hall–Kier alpha value is -2.56. The summed E-state index contributed by atoms with van der Waals surface area (Å²) >= 11 is 0. The van der Waals surface area contributed by atoms with E-state index in [0.717, 1.165) is 17.0 Å². The number of nitrogens with zero attached hydrogens (tertiary/aromatic N) is 1. The molecule has 2 amide bonds. The highest BCUT2D eigenvalue weighted by Crippen LogP contribution is 2.14. The zero-order chi connectivity index (χ0) is 16.3. The zero-order valence-electron chi connectivity index (χ0n) is 13.4. The molecule has 0 radical (unpaired) electrons. The lowest BCUT2D eigenvalue weighted by molar-refractivity contribution is -0.114. The smallest absolute Gasteiger partial charge is 0.251 e. The van der Waals surface area contributed by atoms with Gasteiger partial charge in [-0.1, -0.05) is 6.07 Å². The molecule has 5 heteroatoms. The Morgan fingerprint density at radius 2 is 1.91 bits per heavy atom. The highest BCUT2D eigenvalue weighted by atomic mass is 16.2. The van der Waals surface area contributed by atoms with E-state index in [1.165, 1.54) is 6.92 Å². The molecule has 22 heavy (non-hydrogen) atoms. The number of aryl methyl sites for hydroxylation is 1. The Morgan fingerprint density at radius 1 is 1.18 bits per heavy atom. The van der Waals surface area contributed by atoms with Crippen LogP contribution in [0.1, 0.15) is 34.2 Å². The van der Waals surface area contributed by atoms with Crippen LogP contribution in [0.15, 0.2) is 30.3 Å². The fraction of sp³-hybridized carbons (Fsp3) is 0.294. The minimum absolute atomic E-state index is 0.159. The van der Waals surface area contributed by atoms with E-state index in [0.29, 0.717) is 17.8 Å². The van der Waals surface area contributed by atoms with Crippen LogP contribution in [0.5, 0.6) is 0 Å². The van der Waals surface area contributed by atoms with Crippen molar-refractivity contribution in [2.75, 3.05) is 5.32 Å². The Labute approximate surface area is 130 Å². The summed E-state index contributed by atoms with van der Waals surface area (Å²) in [5, 5.41) is 5.58. The number of nitrogens with one attached hydrogen (secondary N) is 2. The van der Waals surface area contributed by atoms with Crippen molar-refractivity contribution in [1.29, 1.82) is 0 Å². The van der Waals surface area contributed by atoms with Gasteiger partial charge in [0.05, 0.1) is 0 Å². The van der Waals surface area contributed by atoms with Gasteiger partial charge in [-0.2, -0.15) is 0 Å². The van der Waals surface area contributed by atoms with Crippen molar-refractivity contribution in [3.63, 3.8) is 0 Å². The number of amides is 2. The second kappa shape index (κ2) is 6.47. The maximum Gasteiger partial charge on any atom is 0.251 e. The average Bonchev–Trinajstić information content (AvgIpc) is 2.71. The minimum atomic E-state index is -0.159. The summed E-state index contributed by atoms with van der Waals surface area (Å²) in [5.74, 6) is -0.318. The van der Waals surface area contributed by atoms with Crippen LogP contribution in [0.25, 0.3) is 0 Å². The van der Waals surface area contributed by atoms with E-state index in [1.807, 2.05) is 20.9 Å². The molecule has 1 aromatic heterocycles. The number of rotatable bonds is 4. The Kier molecular flexibility index (Phi) is 4.65. The first-order valence-corrected chi connectivity index (χ1v) is 7.16. The van der Waals surface area contributed by atoms with Crippen LogP contribution in [0.2, 0.25) is 0 Å². The third-order valence-electron chi connectivity index (χ3n) is 3.76. The topological polar surface area (TPSA) is 63.1 Å². The molecule has 0 bridgehead atoms. The van der Waals surface area contributed by atoms with Gasteiger partial charge in [0.25, 0.3) is 5.91 Å². The van der Waals surface area contributed by atoms with Crippen molar-refractivity contribution in [3.8, 4) is 0 Å². The van der Waals surface area contributed by atoms with Crippen LogP contribution in [-0.2, 0) is 18.4 Å². The molecule has 0 unspecified atom stereocenters. The molecule has 0 aliphatic rings. The highest BCUT2D eigenvalue weighted by molar-refractivity contribution is 5.96. The summed E-state index contributed by atoms with van der Waals surface area (Å²) in [6.07, 6.45) is 0. The van der Waals surface area contributed by atoms with E-state index in [4.69, 9.17) is 0 Å². The van der Waals surface area contributed by atoms with Gasteiger partial charge in [-0.15, -0.1) is 0 Å². The van der Waals surface area contributed by atoms with Crippen molar-refractivity contribution in [2.45, 2.75) is 27.3 Å². The van der Waals surface area contributed by atoms with E-state index >= 15 is 0 Å². The fourth-order valence-corrected chi connectivity index (χ4v) is 2.33. The largest absolute Gasteiger partial charge is 0.352 e. The number of hydrogen-bond donors (Lipinski definition) is 2. The van der Waals surface area contributed by atoms with Crippen LogP contribution in [0.4, 0.5) is 5.69 Å². The molecular weight excluding hydrogens is 278 g/mol. The molecular formula is C17H21N3O2. The molecule has 116 valence electrons. The van der Waals surface area contributed by atoms with Crippen LogP contribution >= 0.6 is 0 Å². The highest BCUT2D eigenvalue weighted by Gasteiger charge is 2.10. The lowest BCUT2D eigenvalue weighted by atomic mass is 10.1. The van der Waals surface area contributed by atoms with E-state index in [9.17, 15) is 9.59 Å². The normalized spacial score (nSPS) is 10.4. The molecule has 5 nitrogen and oxygen atoms in total. The second-order valence-electron chi connectivity index (χ2n) is 5.40.